The molecule has 1 atom stereocenters. The van der Waals surface area contributed by atoms with Crippen molar-refractivity contribution in [1.29, 1.82) is 0 Å². The number of nitrogens with two attached hydrogens (primary N) is 1. The molecule has 0 aromatic carbocycles. The molecule has 0 rings (SSSR count). The zero-order valence-electron chi connectivity index (χ0n) is 8.04. The zero-order chi connectivity index (χ0) is 9.56. The van der Waals surface area contributed by atoms with E-state index in [2.05, 4.69) is 4.74 Å². The van der Waals surface area contributed by atoms with Crippen LogP contribution in [0.1, 0.15) is 13.3 Å². The summed E-state index contributed by atoms with van der Waals surface area (Å²) in [7, 11) is 3.35. The minimum atomic E-state index is -0.175. The molecule has 0 aliphatic carbocycles. The number of hydrogen-bond acceptors (Lipinski definition) is 4. The molecule has 0 saturated heterocycles. The van der Waals surface area contributed by atoms with E-state index in [1.807, 2.05) is 18.9 Å². The second kappa shape index (κ2) is 5.97. The van der Waals surface area contributed by atoms with E-state index in [-0.39, 0.29) is 12.0 Å². The molecule has 72 valence electrons. The van der Waals surface area contributed by atoms with Gasteiger partial charge in [-0.3, -0.25) is 4.79 Å². The predicted molar refractivity (Wildman–Crippen MR) is 47.8 cm³/mol. The van der Waals surface area contributed by atoms with Crippen LogP contribution in [0.4, 0.5) is 0 Å². The highest BCUT2D eigenvalue weighted by atomic mass is 16.5. The van der Waals surface area contributed by atoms with Crippen LogP contribution in [0.15, 0.2) is 0 Å². The second-order valence-electron chi connectivity index (χ2n) is 2.90. The van der Waals surface area contributed by atoms with E-state index >= 15 is 0 Å². The quantitative estimate of drug-likeness (QED) is 0.588. The van der Waals surface area contributed by atoms with E-state index in [9.17, 15) is 4.79 Å². The summed E-state index contributed by atoms with van der Waals surface area (Å²) in [6.07, 6.45) is 0.424. The molecular weight excluding hydrogens is 156 g/mol. The third kappa shape index (κ3) is 4.31. The van der Waals surface area contributed by atoms with Crippen molar-refractivity contribution < 1.29 is 9.53 Å². The molecule has 0 spiro atoms. The number of nitrogens with zero attached hydrogens (tertiary/aromatic N) is 1. The number of likely N-dealkylation sites (N-methyl/N-ethyl adjacent to an activating group) is 1. The van der Waals surface area contributed by atoms with Gasteiger partial charge in [0.2, 0.25) is 0 Å². The van der Waals surface area contributed by atoms with Crippen LogP contribution in [0.25, 0.3) is 0 Å². The Morgan fingerprint density at radius 1 is 1.67 bits per heavy atom. The molecule has 12 heavy (non-hydrogen) atoms. The summed E-state index contributed by atoms with van der Waals surface area (Å²) in [6.45, 7) is 3.40. The second-order valence-corrected chi connectivity index (χ2v) is 2.90. The Bertz CT molecular complexity index is 139. The monoisotopic (exact) mass is 174 g/mol. The summed E-state index contributed by atoms with van der Waals surface area (Å²) >= 11 is 0. The van der Waals surface area contributed by atoms with Gasteiger partial charge in [0, 0.05) is 19.1 Å². The molecule has 0 aromatic heterocycles. The topological polar surface area (TPSA) is 55.6 Å². The van der Waals surface area contributed by atoms with Gasteiger partial charge in [-0.1, -0.05) is 0 Å². The molecule has 1 unspecified atom stereocenters. The highest BCUT2D eigenvalue weighted by Crippen LogP contribution is 2.00. The third-order valence-corrected chi connectivity index (χ3v) is 1.92. The highest BCUT2D eigenvalue weighted by molar-refractivity contribution is 5.69. The summed E-state index contributed by atoms with van der Waals surface area (Å²) in [5.41, 5.74) is 5.37. The summed E-state index contributed by atoms with van der Waals surface area (Å²) in [4.78, 5) is 12.9. The van der Waals surface area contributed by atoms with Gasteiger partial charge in [0.1, 0.15) is 0 Å². The first-order valence-electron chi connectivity index (χ1n) is 4.09. The maximum Gasteiger partial charge on any atom is 0.307 e. The van der Waals surface area contributed by atoms with E-state index in [1.165, 1.54) is 7.11 Å². The van der Waals surface area contributed by atoms with E-state index in [4.69, 9.17) is 5.73 Å². The molecule has 0 aliphatic rings. The first-order chi connectivity index (χ1) is 5.61. The first kappa shape index (κ1) is 11.4. The van der Waals surface area contributed by atoms with Crippen LogP contribution < -0.4 is 5.73 Å². The van der Waals surface area contributed by atoms with E-state index in [1.54, 1.807) is 0 Å². The van der Waals surface area contributed by atoms with Crippen molar-refractivity contribution in [3.8, 4) is 0 Å². The average molecular weight is 174 g/mol. The van der Waals surface area contributed by atoms with Crippen LogP contribution in [0.5, 0.6) is 0 Å². The average Bonchev–Trinajstić information content (AvgIpc) is 2.04. The van der Waals surface area contributed by atoms with Gasteiger partial charge in [-0.2, -0.15) is 0 Å². The Morgan fingerprint density at radius 2 is 2.25 bits per heavy atom. The third-order valence-electron chi connectivity index (χ3n) is 1.92. The number of carbonyl (C=O) groups excluding carboxylic acids is 1. The fourth-order valence-electron chi connectivity index (χ4n) is 0.904. The predicted octanol–water partition coefficient (Wildman–Crippen LogP) is -0.171. The van der Waals surface area contributed by atoms with Gasteiger partial charge in [-0.05, 0) is 14.0 Å². The number of methoxy groups -OCH3 is 1. The summed E-state index contributed by atoms with van der Waals surface area (Å²) in [6, 6.07) is 0.195. The van der Waals surface area contributed by atoms with E-state index in [0.717, 1.165) is 6.54 Å². The Kier molecular flexibility index (Phi) is 5.66. The number of ether oxygens (including phenoxy) is 1. The molecule has 0 aliphatic heterocycles. The molecule has 0 aromatic rings. The minimum Gasteiger partial charge on any atom is -0.469 e. The smallest absolute Gasteiger partial charge is 0.307 e. The molecule has 2 N–H and O–H groups in total. The summed E-state index contributed by atoms with van der Waals surface area (Å²) in [5, 5.41) is 0. The van der Waals surface area contributed by atoms with Crippen LogP contribution in [0.3, 0.4) is 0 Å². The van der Waals surface area contributed by atoms with Crippen LogP contribution >= 0.6 is 0 Å². The van der Waals surface area contributed by atoms with Crippen molar-refractivity contribution in [3.05, 3.63) is 0 Å². The molecule has 4 heteroatoms. The summed E-state index contributed by atoms with van der Waals surface area (Å²) < 4.78 is 4.55. The Hall–Kier alpha value is -0.610. The Morgan fingerprint density at radius 3 is 2.67 bits per heavy atom. The molecule has 0 saturated carbocycles. The summed E-state index contributed by atoms with van der Waals surface area (Å²) in [5.74, 6) is -0.175. The normalized spacial score (nSPS) is 13.1. The molecule has 0 radical (unpaired) electrons. The standard InChI is InChI=1S/C8H18N2O2/c1-7(6-8(11)12-3)10(2)5-4-9/h7H,4-6,9H2,1-3H3. The minimum absolute atomic E-state index is 0.175. The zero-order valence-corrected chi connectivity index (χ0v) is 8.04. The lowest BCUT2D eigenvalue weighted by atomic mass is 10.2. The van der Waals surface area contributed by atoms with E-state index in [0.29, 0.717) is 13.0 Å². The van der Waals surface area contributed by atoms with Crippen LogP contribution in [-0.2, 0) is 9.53 Å². The highest BCUT2D eigenvalue weighted by Gasteiger charge is 2.12. The molecule has 0 amide bonds. The fourth-order valence-corrected chi connectivity index (χ4v) is 0.904. The fraction of sp³-hybridized carbons (Fsp3) is 0.875. The maximum absolute atomic E-state index is 10.9. The lowest BCUT2D eigenvalue weighted by Crippen LogP contribution is -2.35. The van der Waals surface area contributed by atoms with Gasteiger partial charge in [-0.15, -0.1) is 0 Å². The molecular formula is C8H18N2O2. The maximum atomic E-state index is 10.9. The Labute approximate surface area is 73.7 Å². The van der Waals surface area contributed by atoms with Crippen molar-refractivity contribution in [3.63, 3.8) is 0 Å². The lowest BCUT2D eigenvalue weighted by Gasteiger charge is -2.22. The Balaban J connectivity index is 3.69. The molecule has 0 fully saturated rings. The van der Waals surface area contributed by atoms with Gasteiger partial charge >= 0.3 is 5.97 Å². The van der Waals surface area contributed by atoms with Crippen LogP contribution in [0.2, 0.25) is 0 Å². The van der Waals surface area contributed by atoms with Gasteiger partial charge in [0.25, 0.3) is 0 Å². The largest absolute Gasteiger partial charge is 0.469 e. The van der Waals surface area contributed by atoms with Crippen molar-refractivity contribution in [2.24, 2.45) is 5.73 Å². The molecule has 0 bridgehead atoms. The lowest BCUT2D eigenvalue weighted by molar-refractivity contribution is -0.141. The van der Waals surface area contributed by atoms with Crippen LogP contribution in [-0.4, -0.2) is 44.2 Å². The number of esters is 1. The van der Waals surface area contributed by atoms with Gasteiger partial charge in [0.15, 0.2) is 0 Å². The number of rotatable bonds is 5. The number of hydrogen-bond donors (Lipinski definition) is 1. The molecule has 0 heterocycles. The first-order valence-corrected chi connectivity index (χ1v) is 4.09. The SMILES string of the molecule is COC(=O)CC(C)N(C)CCN. The van der Waals surface area contributed by atoms with E-state index < -0.39 is 0 Å². The van der Waals surface area contributed by atoms with Crippen molar-refractivity contribution in [2.45, 2.75) is 19.4 Å². The number of carbonyl (C=O) groups is 1. The van der Waals surface area contributed by atoms with Gasteiger partial charge in [-0.25, -0.2) is 0 Å². The van der Waals surface area contributed by atoms with Crippen LogP contribution in [0, 0.1) is 0 Å². The van der Waals surface area contributed by atoms with Crippen molar-refractivity contribution in [2.75, 3.05) is 27.2 Å². The van der Waals surface area contributed by atoms with Crippen molar-refractivity contribution in [1.82, 2.24) is 4.90 Å². The van der Waals surface area contributed by atoms with Crippen molar-refractivity contribution >= 4 is 5.97 Å². The van der Waals surface area contributed by atoms with Gasteiger partial charge in [0.05, 0.1) is 13.5 Å². The van der Waals surface area contributed by atoms with Gasteiger partial charge < -0.3 is 15.4 Å². The molecule has 4 nitrogen and oxygen atoms in total.